The topological polar surface area (TPSA) is 56.1 Å². The lowest BCUT2D eigenvalue weighted by Gasteiger charge is -2.17. The standard InChI is InChI=1S/C30H43N3O2/c1-23(2)24-15-8-11-18-27(24)35-22-14-13-21-33-26-17-10-9-16-25(26)32-28(33)19-7-6-12-20-31-29(34)30(3,4)5/h8-11,15-18,23H,6-7,12-14,19-22H2,1-5H3,(H,31,34). The van der Waals surface area contributed by atoms with Crippen molar-refractivity contribution >= 4 is 16.9 Å². The van der Waals surface area contributed by atoms with Crippen molar-refractivity contribution in [3.05, 3.63) is 59.9 Å². The Hall–Kier alpha value is -2.82. The quantitative estimate of drug-likeness (QED) is 0.273. The van der Waals surface area contributed by atoms with Crippen molar-refractivity contribution in [2.24, 2.45) is 5.41 Å². The minimum Gasteiger partial charge on any atom is -0.493 e. The Balaban J connectivity index is 1.48. The molecule has 2 aromatic carbocycles. The van der Waals surface area contributed by atoms with E-state index in [1.165, 1.54) is 11.1 Å². The second-order valence-electron chi connectivity index (χ2n) is 10.7. The minimum absolute atomic E-state index is 0.121. The molecule has 35 heavy (non-hydrogen) atoms. The molecule has 1 amide bonds. The molecule has 0 saturated heterocycles. The first-order valence-electron chi connectivity index (χ1n) is 13.2. The number of nitrogens with one attached hydrogen (secondary N) is 1. The van der Waals surface area contributed by atoms with Crippen LogP contribution in [0.2, 0.25) is 0 Å². The van der Waals surface area contributed by atoms with Gasteiger partial charge in [0.15, 0.2) is 0 Å². The molecule has 0 aliphatic heterocycles. The fourth-order valence-electron chi connectivity index (χ4n) is 4.26. The molecule has 190 valence electrons. The zero-order valence-electron chi connectivity index (χ0n) is 22.3. The number of amides is 1. The first kappa shape index (κ1) is 26.8. The van der Waals surface area contributed by atoms with Crippen LogP contribution in [-0.4, -0.2) is 28.6 Å². The van der Waals surface area contributed by atoms with Gasteiger partial charge in [0.05, 0.1) is 17.6 Å². The lowest BCUT2D eigenvalue weighted by molar-refractivity contribution is -0.128. The SMILES string of the molecule is CC(C)c1ccccc1OCCCCn1c(CCCCCNC(=O)C(C)(C)C)nc2ccccc21. The van der Waals surface area contributed by atoms with E-state index in [2.05, 4.69) is 66.2 Å². The molecule has 5 nitrogen and oxygen atoms in total. The maximum atomic E-state index is 12.0. The van der Waals surface area contributed by atoms with Crippen molar-refractivity contribution in [2.45, 2.75) is 85.6 Å². The third kappa shape index (κ3) is 7.84. The van der Waals surface area contributed by atoms with Crippen molar-refractivity contribution in [2.75, 3.05) is 13.2 Å². The fourth-order valence-corrected chi connectivity index (χ4v) is 4.26. The number of para-hydroxylation sites is 3. The van der Waals surface area contributed by atoms with Crippen LogP contribution in [0.25, 0.3) is 11.0 Å². The van der Waals surface area contributed by atoms with Gasteiger partial charge < -0.3 is 14.6 Å². The molecule has 3 aromatic rings. The normalized spacial score (nSPS) is 11.8. The van der Waals surface area contributed by atoms with Crippen molar-refractivity contribution in [3.63, 3.8) is 0 Å². The number of carbonyl (C=O) groups is 1. The second kappa shape index (κ2) is 12.8. The van der Waals surface area contributed by atoms with E-state index in [-0.39, 0.29) is 11.3 Å². The summed E-state index contributed by atoms with van der Waals surface area (Å²) in [7, 11) is 0. The predicted octanol–water partition coefficient (Wildman–Crippen LogP) is 6.89. The summed E-state index contributed by atoms with van der Waals surface area (Å²) in [5.74, 6) is 2.75. The summed E-state index contributed by atoms with van der Waals surface area (Å²) in [5.41, 5.74) is 3.23. The summed E-state index contributed by atoms with van der Waals surface area (Å²) >= 11 is 0. The summed E-state index contributed by atoms with van der Waals surface area (Å²) in [6.45, 7) is 12.7. The molecule has 1 N–H and O–H groups in total. The van der Waals surface area contributed by atoms with Gasteiger partial charge in [-0.2, -0.15) is 0 Å². The number of fused-ring (bicyclic) bond motifs is 1. The molecule has 0 spiro atoms. The zero-order valence-corrected chi connectivity index (χ0v) is 22.3. The van der Waals surface area contributed by atoms with Crippen LogP contribution in [0, 0.1) is 5.41 Å². The number of aryl methyl sites for hydroxylation is 2. The van der Waals surface area contributed by atoms with Crippen LogP contribution in [0.4, 0.5) is 0 Å². The highest BCUT2D eigenvalue weighted by Gasteiger charge is 2.20. The van der Waals surface area contributed by atoms with Crippen molar-refractivity contribution in [1.29, 1.82) is 0 Å². The summed E-state index contributed by atoms with van der Waals surface area (Å²) in [5, 5.41) is 3.04. The van der Waals surface area contributed by atoms with Crippen LogP contribution in [0.15, 0.2) is 48.5 Å². The number of hydrogen-bond acceptors (Lipinski definition) is 3. The maximum absolute atomic E-state index is 12.0. The molecule has 1 heterocycles. The van der Waals surface area contributed by atoms with Gasteiger partial charge in [-0.05, 0) is 55.4 Å². The highest BCUT2D eigenvalue weighted by molar-refractivity contribution is 5.81. The number of unbranched alkanes of at least 4 members (excludes halogenated alkanes) is 3. The van der Waals surface area contributed by atoms with Crippen molar-refractivity contribution < 1.29 is 9.53 Å². The molecular weight excluding hydrogens is 434 g/mol. The van der Waals surface area contributed by atoms with Gasteiger partial charge in [0.1, 0.15) is 11.6 Å². The average molecular weight is 478 g/mol. The molecule has 5 heteroatoms. The summed E-state index contributed by atoms with van der Waals surface area (Å²) in [4.78, 5) is 16.9. The van der Waals surface area contributed by atoms with E-state index in [4.69, 9.17) is 9.72 Å². The van der Waals surface area contributed by atoms with Gasteiger partial charge in [-0.1, -0.05) is 71.4 Å². The Labute approximate surface area is 211 Å². The molecule has 0 saturated carbocycles. The van der Waals surface area contributed by atoms with Gasteiger partial charge >= 0.3 is 0 Å². The Morgan fingerprint density at radius 1 is 0.971 bits per heavy atom. The number of hydrogen-bond donors (Lipinski definition) is 1. The molecule has 3 rings (SSSR count). The van der Waals surface area contributed by atoms with E-state index < -0.39 is 0 Å². The zero-order chi connectivity index (χ0) is 25.3. The van der Waals surface area contributed by atoms with Crippen LogP contribution in [-0.2, 0) is 17.8 Å². The largest absolute Gasteiger partial charge is 0.493 e. The predicted molar refractivity (Wildman–Crippen MR) is 145 cm³/mol. The van der Waals surface area contributed by atoms with Crippen LogP contribution < -0.4 is 10.1 Å². The Morgan fingerprint density at radius 2 is 1.71 bits per heavy atom. The van der Waals surface area contributed by atoms with Gasteiger partial charge in [0.25, 0.3) is 0 Å². The highest BCUT2D eigenvalue weighted by atomic mass is 16.5. The smallest absolute Gasteiger partial charge is 0.225 e. The van der Waals surface area contributed by atoms with E-state index >= 15 is 0 Å². The van der Waals surface area contributed by atoms with Gasteiger partial charge in [0.2, 0.25) is 5.91 Å². The monoisotopic (exact) mass is 477 g/mol. The first-order valence-corrected chi connectivity index (χ1v) is 13.2. The number of carbonyl (C=O) groups excluding carboxylic acids is 1. The molecule has 0 fully saturated rings. The number of ether oxygens (including phenoxy) is 1. The van der Waals surface area contributed by atoms with Crippen molar-refractivity contribution in [3.8, 4) is 5.75 Å². The van der Waals surface area contributed by atoms with Crippen LogP contribution in [0.3, 0.4) is 0 Å². The fraction of sp³-hybridized carbons (Fsp3) is 0.533. The molecule has 0 aliphatic carbocycles. The van der Waals surface area contributed by atoms with Crippen LogP contribution >= 0.6 is 0 Å². The van der Waals surface area contributed by atoms with Crippen LogP contribution in [0.5, 0.6) is 5.75 Å². The van der Waals surface area contributed by atoms with Gasteiger partial charge in [0, 0.05) is 24.9 Å². The number of benzene rings is 2. The molecule has 0 aliphatic rings. The van der Waals surface area contributed by atoms with E-state index in [9.17, 15) is 4.79 Å². The third-order valence-corrected chi connectivity index (χ3v) is 6.35. The lowest BCUT2D eigenvalue weighted by Crippen LogP contribution is -2.35. The maximum Gasteiger partial charge on any atom is 0.225 e. The molecule has 0 unspecified atom stereocenters. The van der Waals surface area contributed by atoms with Gasteiger partial charge in [-0.15, -0.1) is 0 Å². The Bertz CT molecular complexity index is 1080. The van der Waals surface area contributed by atoms with E-state index in [0.29, 0.717) is 5.92 Å². The molecule has 0 atom stereocenters. The molecular formula is C30H43N3O2. The van der Waals surface area contributed by atoms with E-state index in [1.807, 2.05) is 26.8 Å². The van der Waals surface area contributed by atoms with Crippen LogP contribution in [0.1, 0.15) is 84.0 Å². The third-order valence-electron chi connectivity index (χ3n) is 6.35. The van der Waals surface area contributed by atoms with Gasteiger partial charge in [-0.3, -0.25) is 4.79 Å². The van der Waals surface area contributed by atoms with Crippen molar-refractivity contribution in [1.82, 2.24) is 14.9 Å². The average Bonchev–Trinajstić information content (AvgIpc) is 3.17. The Kier molecular flexibility index (Phi) is 9.76. The first-order chi connectivity index (χ1) is 16.8. The second-order valence-corrected chi connectivity index (χ2v) is 10.7. The number of rotatable bonds is 13. The highest BCUT2D eigenvalue weighted by Crippen LogP contribution is 2.26. The Morgan fingerprint density at radius 3 is 2.49 bits per heavy atom. The lowest BCUT2D eigenvalue weighted by atomic mass is 9.96. The minimum atomic E-state index is -0.326. The summed E-state index contributed by atoms with van der Waals surface area (Å²) in [6, 6.07) is 16.8. The summed E-state index contributed by atoms with van der Waals surface area (Å²) < 4.78 is 8.51. The van der Waals surface area contributed by atoms with E-state index in [0.717, 1.165) is 75.3 Å². The molecule has 0 bridgehead atoms. The van der Waals surface area contributed by atoms with Gasteiger partial charge in [-0.25, -0.2) is 4.98 Å². The molecule has 1 aromatic heterocycles. The number of aromatic nitrogens is 2. The molecule has 0 radical (unpaired) electrons. The summed E-state index contributed by atoms with van der Waals surface area (Å²) in [6.07, 6.45) is 6.17. The van der Waals surface area contributed by atoms with E-state index in [1.54, 1.807) is 0 Å². The number of nitrogens with zero attached hydrogens (tertiary/aromatic N) is 2. The number of imidazole rings is 1.